The molecule has 0 aromatic heterocycles. The van der Waals surface area contributed by atoms with E-state index in [0.29, 0.717) is 0 Å². The van der Waals surface area contributed by atoms with Gasteiger partial charge in [0.15, 0.2) is 17.7 Å². The number of Topliss-reactive ketones (excluding diaryl/α,β-unsaturated/α-hetero) is 2. The molecule has 0 unspecified atom stereocenters. The van der Waals surface area contributed by atoms with E-state index in [2.05, 4.69) is 9.47 Å². The summed E-state index contributed by atoms with van der Waals surface area (Å²) < 4.78 is 9.08. The van der Waals surface area contributed by atoms with Crippen LogP contribution in [-0.4, -0.2) is 36.7 Å². The van der Waals surface area contributed by atoms with Crippen LogP contribution in [0.15, 0.2) is 0 Å². The summed E-state index contributed by atoms with van der Waals surface area (Å²) in [6, 6.07) is 0. The van der Waals surface area contributed by atoms with Gasteiger partial charge in [-0.2, -0.15) is 0 Å². The Morgan fingerprint density at radius 1 is 1.19 bits per heavy atom. The van der Waals surface area contributed by atoms with Gasteiger partial charge in [-0.15, -0.1) is 0 Å². The first-order valence-corrected chi connectivity index (χ1v) is 4.76. The van der Waals surface area contributed by atoms with Crippen LogP contribution in [0.4, 0.5) is 0 Å². The van der Waals surface area contributed by atoms with Crippen LogP contribution in [-0.2, 0) is 28.7 Å². The molecule has 1 rings (SSSR count). The number of carbonyl (C=O) groups is 4. The van der Waals surface area contributed by atoms with E-state index >= 15 is 0 Å². The molecule has 0 N–H and O–H groups in total. The third-order valence-corrected chi connectivity index (χ3v) is 2.33. The molecule has 0 aromatic rings. The van der Waals surface area contributed by atoms with Gasteiger partial charge in [0.2, 0.25) is 0 Å². The van der Waals surface area contributed by atoms with Crippen LogP contribution in [0, 0.1) is 5.92 Å². The Labute approximate surface area is 91.9 Å². The molecule has 0 aliphatic heterocycles. The van der Waals surface area contributed by atoms with Gasteiger partial charge < -0.3 is 9.47 Å². The largest absolute Gasteiger partial charge is 0.468 e. The zero-order valence-corrected chi connectivity index (χ0v) is 9.02. The zero-order valence-electron chi connectivity index (χ0n) is 9.02. The highest BCUT2D eigenvalue weighted by molar-refractivity contribution is 6.08. The van der Waals surface area contributed by atoms with E-state index < -0.39 is 35.5 Å². The monoisotopic (exact) mass is 228 g/mol. The quantitative estimate of drug-likeness (QED) is 0.473. The van der Waals surface area contributed by atoms with Crippen LogP contribution in [0.25, 0.3) is 0 Å². The van der Waals surface area contributed by atoms with E-state index in [0.717, 1.165) is 14.0 Å². The lowest BCUT2D eigenvalue weighted by Crippen LogP contribution is -2.41. The molecular weight excluding hydrogens is 216 g/mol. The Hall–Kier alpha value is -1.72. The molecule has 0 amide bonds. The van der Waals surface area contributed by atoms with E-state index in [1.807, 2.05) is 0 Å². The van der Waals surface area contributed by atoms with Crippen LogP contribution in [0.5, 0.6) is 0 Å². The van der Waals surface area contributed by atoms with Crippen molar-refractivity contribution in [2.75, 3.05) is 7.11 Å². The lowest BCUT2D eigenvalue weighted by atomic mass is 9.85. The number of ether oxygens (including phenoxy) is 2. The van der Waals surface area contributed by atoms with Crippen molar-refractivity contribution in [2.24, 2.45) is 5.92 Å². The van der Waals surface area contributed by atoms with Crippen molar-refractivity contribution < 1.29 is 28.7 Å². The van der Waals surface area contributed by atoms with Gasteiger partial charge in [0.25, 0.3) is 0 Å². The first-order valence-electron chi connectivity index (χ1n) is 4.76. The van der Waals surface area contributed by atoms with Gasteiger partial charge in [-0.1, -0.05) is 0 Å². The highest BCUT2D eigenvalue weighted by Crippen LogP contribution is 2.21. The summed E-state index contributed by atoms with van der Waals surface area (Å²) in [6.07, 6.45) is -1.56. The lowest BCUT2D eigenvalue weighted by molar-refractivity contribution is -0.162. The molecule has 0 spiro atoms. The second-order valence-electron chi connectivity index (χ2n) is 3.51. The molecule has 88 valence electrons. The summed E-state index contributed by atoms with van der Waals surface area (Å²) in [4.78, 5) is 44.8. The maximum Gasteiger partial charge on any atom is 0.316 e. The number of esters is 2. The SMILES string of the molecule is COC(=O)[C@H]1CC(=O)[C@H](OC(C)=O)CC1=O. The van der Waals surface area contributed by atoms with Crippen molar-refractivity contribution in [3.63, 3.8) is 0 Å². The number of hydrogen-bond acceptors (Lipinski definition) is 6. The summed E-state index contributed by atoms with van der Waals surface area (Å²) in [5, 5.41) is 0. The van der Waals surface area contributed by atoms with Gasteiger partial charge in [0.05, 0.1) is 13.5 Å². The molecule has 16 heavy (non-hydrogen) atoms. The number of carbonyl (C=O) groups excluding carboxylic acids is 4. The van der Waals surface area contributed by atoms with E-state index in [1.165, 1.54) is 0 Å². The number of ketones is 2. The minimum atomic E-state index is -1.05. The molecule has 0 heterocycles. The Morgan fingerprint density at radius 3 is 2.31 bits per heavy atom. The third kappa shape index (κ3) is 2.65. The second kappa shape index (κ2) is 4.87. The Kier molecular flexibility index (Phi) is 3.76. The molecule has 0 saturated heterocycles. The van der Waals surface area contributed by atoms with E-state index in [4.69, 9.17) is 0 Å². The van der Waals surface area contributed by atoms with Crippen LogP contribution in [0.2, 0.25) is 0 Å². The Morgan fingerprint density at radius 2 is 1.81 bits per heavy atom. The normalized spacial score (nSPS) is 25.1. The fraction of sp³-hybridized carbons (Fsp3) is 0.600. The predicted molar refractivity (Wildman–Crippen MR) is 50.3 cm³/mol. The standard InChI is InChI=1S/C10H12O6/c1-5(11)16-9-4-7(12)6(3-8(9)13)10(14)15-2/h6,9H,3-4H2,1-2H3/t6-,9+/m0/s1. The molecule has 6 heteroatoms. The topological polar surface area (TPSA) is 86.7 Å². The van der Waals surface area contributed by atoms with Crippen molar-refractivity contribution >= 4 is 23.5 Å². The van der Waals surface area contributed by atoms with Gasteiger partial charge in [-0.05, 0) is 0 Å². The van der Waals surface area contributed by atoms with Crippen LogP contribution in [0.3, 0.4) is 0 Å². The molecule has 0 bridgehead atoms. The summed E-state index contributed by atoms with van der Waals surface area (Å²) in [7, 11) is 1.15. The van der Waals surface area contributed by atoms with E-state index in [-0.39, 0.29) is 12.8 Å². The minimum Gasteiger partial charge on any atom is -0.468 e. The molecule has 1 aliphatic rings. The average molecular weight is 228 g/mol. The van der Waals surface area contributed by atoms with Crippen molar-refractivity contribution in [3.05, 3.63) is 0 Å². The van der Waals surface area contributed by atoms with E-state index in [9.17, 15) is 19.2 Å². The van der Waals surface area contributed by atoms with Gasteiger partial charge in [0.1, 0.15) is 5.92 Å². The molecule has 1 fully saturated rings. The molecule has 0 radical (unpaired) electrons. The summed E-state index contributed by atoms with van der Waals surface area (Å²) in [6.45, 7) is 1.16. The van der Waals surface area contributed by atoms with Crippen molar-refractivity contribution in [1.29, 1.82) is 0 Å². The second-order valence-corrected chi connectivity index (χ2v) is 3.51. The summed E-state index contributed by atoms with van der Waals surface area (Å²) in [5.74, 6) is -3.26. The summed E-state index contributed by atoms with van der Waals surface area (Å²) >= 11 is 0. The molecule has 2 atom stereocenters. The minimum absolute atomic E-state index is 0.252. The number of hydrogen-bond donors (Lipinski definition) is 0. The van der Waals surface area contributed by atoms with E-state index in [1.54, 1.807) is 0 Å². The summed E-state index contributed by atoms with van der Waals surface area (Å²) in [5.41, 5.74) is 0. The number of methoxy groups -OCH3 is 1. The first kappa shape index (κ1) is 12.4. The van der Waals surface area contributed by atoms with Crippen molar-refractivity contribution in [1.82, 2.24) is 0 Å². The average Bonchev–Trinajstić information content (AvgIpc) is 2.21. The van der Waals surface area contributed by atoms with Crippen molar-refractivity contribution in [2.45, 2.75) is 25.9 Å². The Bertz CT molecular complexity index is 345. The van der Waals surface area contributed by atoms with Gasteiger partial charge >= 0.3 is 11.9 Å². The smallest absolute Gasteiger partial charge is 0.316 e. The molecule has 1 aliphatic carbocycles. The van der Waals surface area contributed by atoms with Crippen LogP contribution in [0.1, 0.15) is 19.8 Å². The molecule has 1 saturated carbocycles. The fourth-order valence-electron chi connectivity index (χ4n) is 1.55. The predicted octanol–water partition coefficient (Wildman–Crippen LogP) is -0.361. The molecule has 0 aromatic carbocycles. The van der Waals surface area contributed by atoms with Crippen LogP contribution < -0.4 is 0 Å². The first-order chi connectivity index (χ1) is 7.45. The Balaban J connectivity index is 2.70. The molecule has 6 nitrogen and oxygen atoms in total. The highest BCUT2D eigenvalue weighted by Gasteiger charge is 2.40. The van der Waals surface area contributed by atoms with Crippen molar-refractivity contribution in [3.8, 4) is 0 Å². The third-order valence-electron chi connectivity index (χ3n) is 2.33. The highest BCUT2D eigenvalue weighted by atomic mass is 16.5. The zero-order chi connectivity index (χ0) is 12.3. The maximum absolute atomic E-state index is 11.5. The maximum atomic E-state index is 11.5. The van der Waals surface area contributed by atoms with Gasteiger partial charge in [-0.25, -0.2) is 0 Å². The number of rotatable bonds is 2. The van der Waals surface area contributed by atoms with Gasteiger partial charge in [-0.3, -0.25) is 19.2 Å². The van der Waals surface area contributed by atoms with Gasteiger partial charge in [0, 0.05) is 13.3 Å². The lowest BCUT2D eigenvalue weighted by Gasteiger charge is -2.24. The van der Waals surface area contributed by atoms with Crippen LogP contribution >= 0.6 is 0 Å². The fourth-order valence-corrected chi connectivity index (χ4v) is 1.55. The molecular formula is C10H12O6.